The highest BCUT2D eigenvalue weighted by Crippen LogP contribution is 2.39. The molecule has 0 heterocycles. The lowest BCUT2D eigenvalue weighted by Crippen LogP contribution is -1.92. The molecule has 2 atom stereocenters. The lowest BCUT2D eigenvalue weighted by molar-refractivity contribution is 0.302. The fraction of sp³-hybridized carbons (Fsp3) is 0.500. The van der Waals surface area contributed by atoms with Gasteiger partial charge in [-0.05, 0) is 31.1 Å². The first-order valence-electron chi connectivity index (χ1n) is 5.05. The summed E-state index contributed by atoms with van der Waals surface area (Å²) in [4.78, 5) is 0. The van der Waals surface area contributed by atoms with Crippen LogP contribution in [-0.2, 0) is 0 Å². The minimum Gasteiger partial charge on any atom is -0.396 e. The molecule has 2 aliphatic carbocycles. The molecule has 1 nitrogen and oxygen atoms in total. The second-order valence-electron chi connectivity index (χ2n) is 3.87. The zero-order valence-electron chi connectivity index (χ0n) is 7.82. The van der Waals surface area contributed by atoms with Gasteiger partial charge in [0.2, 0.25) is 0 Å². The maximum Gasteiger partial charge on any atom is 0.0465 e. The van der Waals surface area contributed by atoms with Crippen LogP contribution < -0.4 is 0 Å². The zero-order valence-corrected chi connectivity index (χ0v) is 7.82. The quantitative estimate of drug-likeness (QED) is 0.641. The van der Waals surface area contributed by atoms with Crippen molar-refractivity contribution in [1.29, 1.82) is 0 Å². The molecule has 0 saturated heterocycles. The molecular formula is C12H16O. The van der Waals surface area contributed by atoms with E-state index in [2.05, 4.69) is 30.4 Å². The molecule has 13 heavy (non-hydrogen) atoms. The number of hydrogen-bond acceptors (Lipinski definition) is 1. The van der Waals surface area contributed by atoms with Crippen LogP contribution in [-0.4, -0.2) is 11.7 Å². The van der Waals surface area contributed by atoms with Crippen LogP contribution >= 0.6 is 0 Å². The van der Waals surface area contributed by atoms with Gasteiger partial charge in [0, 0.05) is 6.61 Å². The second kappa shape index (κ2) is 3.93. The van der Waals surface area contributed by atoms with Gasteiger partial charge >= 0.3 is 0 Å². The van der Waals surface area contributed by atoms with E-state index in [1.807, 2.05) is 0 Å². The van der Waals surface area contributed by atoms with Crippen molar-refractivity contribution in [2.75, 3.05) is 6.61 Å². The van der Waals surface area contributed by atoms with Crippen LogP contribution in [0, 0.1) is 11.8 Å². The molecule has 2 bridgehead atoms. The van der Waals surface area contributed by atoms with Gasteiger partial charge < -0.3 is 5.11 Å². The van der Waals surface area contributed by atoms with E-state index >= 15 is 0 Å². The third-order valence-corrected chi connectivity index (χ3v) is 2.90. The molecule has 0 unspecified atom stereocenters. The van der Waals surface area contributed by atoms with E-state index in [0.29, 0.717) is 5.92 Å². The average molecular weight is 176 g/mol. The third kappa shape index (κ3) is 1.92. The zero-order chi connectivity index (χ0) is 9.10. The Labute approximate surface area is 79.5 Å². The fourth-order valence-corrected chi connectivity index (χ4v) is 2.27. The Balaban J connectivity index is 2.09. The van der Waals surface area contributed by atoms with Crippen molar-refractivity contribution < 1.29 is 5.11 Å². The maximum absolute atomic E-state index is 8.75. The molecule has 0 aromatic heterocycles. The van der Waals surface area contributed by atoms with Crippen molar-refractivity contribution in [3.63, 3.8) is 0 Å². The summed E-state index contributed by atoms with van der Waals surface area (Å²) in [5.41, 5.74) is 1.53. The molecule has 70 valence electrons. The van der Waals surface area contributed by atoms with Gasteiger partial charge in [0.15, 0.2) is 0 Å². The standard InChI is InChI=1S/C12H16O/c13-7-3-6-12-9-10-4-1-2-5-11(12)8-10/h1-2,4-6,10-11,13H,3,7-9H2/b12-6+/t10-,11+/m1/s1. The summed E-state index contributed by atoms with van der Waals surface area (Å²) >= 11 is 0. The van der Waals surface area contributed by atoms with Crippen molar-refractivity contribution in [3.05, 3.63) is 36.0 Å². The number of aliphatic hydroxyl groups is 1. The minimum atomic E-state index is 0.278. The monoisotopic (exact) mass is 176 g/mol. The number of rotatable bonds is 2. The summed E-state index contributed by atoms with van der Waals surface area (Å²) in [5.74, 6) is 1.39. The normalized spacial score (nSPS) is 34.1. The molecule has 0 aromatic rings. The molecule has 2 rings (SSSR count). The molecule has 0 aromatic carbocycles. The van der Waals surface area contributed by atoms with E-state index in [0.717, 1.165) is 12.3 Å². The molecule has 0 spiro atoms. The highest BCUT2D eigenvalue weighted by atomic mass is 16.2. The van der Waals surface area contributed by atoms with Crippen LogP contribution in [0.2, 0.25) is 0 Å². The summed E-state index contributed by atoms with van der Waals surface area (Å²) in [6, 6.07) is 0. The van der Waals surface area contributed by atoms with E-state index in [4.69, 9.17) is 5.11 Å². The Morgan fingerprint density at radius 3 is 3.08 bits per heavy atom. The van der Waals surface area contributed by atoms with E-state index in [9.17, 15) is 0 Å². The first-order chi connectivity index (χ1) is 6.40. The van der Waals surface area contributed by atoms with Crippen LogP contribution in [0.4, 0.5) is 0 Å². The highest BCUT2D eigenvalue weighted by molar-refractivity contribution is 5.26. The summed E-state index contributed by atoms with van der Waals surface area (Å²) in [6.45, 7) is 0.278. The van der Waals surface area contributed by atoms with E-state index in [-0.39, 0.29) is 6.61 Å². The fourth-order valence-electron chi connectivity index (χ4n) is 2.27. The van der Waals surface area contributed by atoms with Crippen molar-refractivity contribution in [1.82, 2.24) is 0 Å². The first kappa shape index (κ1) is 8.76. The largest absolute Gasteiger partial charge is 0.396 e. The summed E-state index contributed by atoms with van der Waals surface area (Å²) in [6.07, 6.45) is 14.4. The van der Waals surface area contributed by atoms with E-state index in [1.54, 1.807) is 0 Å². The molecule has 1 saturated carbocycles. The summed E-state index contributed by atoms with van der Waals surface area (Å²) < 4.78 is 0. The smallest absolute Gasteiger partial charge is 0.0465 e. The molecule has 1 N–H and O–H groups in total. The molecule has 0 amide bonds. The summed E-state index contributed by atoms with van der Waals surface area (Å²) in [5, 5.41) is 8.75. The minimum absolute atomic E-state index is 0.278. The van der Waals surface area contributed by atoms with Gasteiger partial charge in [0.05, 0.1) is 0 Å². The molecular weight excluding hydrogens is 160 g/mol. The van der Waals surface area contributed by atoms with Crippen LogP contribution in [0.5, 0.6) is 0 Å². The van der Waals surface area contributed by atoms with E-state index < -0.39 is 0 Å². The van der Waals surface area contributed by atoms with Gasteiger partial charge in [-0.1, -0.05) is 36.0 Å². The Bertz CT molecular complexity index is 260. The molecule has 1 heteroatoms. The molecule has 0 aliphatic heterocycles. The van der Waals surface area contributed by atoms with Gasteiger partial charge in [-0.15, -0.1) is 0 Å². The number of hydrogen-bond donors (Lipinski definition) is 1. The summed E-state index contributed by atoms with van der Waals surface area (Å²) in [7, 11) is 0. The maximum atomic E-state index is 8.75. The highest BCUT2D eigenvalue weighted by Gasteiger charge is 2.26. The Morgan fingerprint density at radius 2 is 2.23 bits per heavy atom. The van der Waals surface area contributed by atoms with Gasteiger partial charge in [-0.25, -0.2) is 0 Å². The number of allylic oxidation sites excluding steroid dienone is 5. The SMILES string of the molecule is OCC/C=C1\C[C@@H]2C=CC=C[C@H]1C2. The van der Waals surface area contributed by atoms with Gasteiger partial charge in [0.25, 0.3) is 0 Å². The molecule has 2 aliphatic rings. The Morgan fingerprint density at radius 1 is 1.38 bits per heavy atom. The Kier molecular flexibility index (Phi) is 2.65. The predicted octanol–water partition coefficient (Wildman–Crippen LogP) is 2.45. The Hall–Kier alpha value is -0.820. The average Bonchev–Trinajstić information content (AvgIpc) is 2.32. The predicted molar refractivity (Wildman–Crippen MR) is 54.3 cm³/mol. The van der Waals surface area contributed by atoms with Crippen LogP contribution in [0.3, 0.4) is 0 Å². The van der Waals surface area contributed by atoms with Crippen molar-refractivity contribution in [2.24, 2.45) is 11.8 Å². The van der Waals surface area contributed by atoms with Gasteiger partial charge in [0.1, 0.15) is 0 Å². The lowest BCUT2D eigenvalue weighted by atomic mass is 10.0. The van der Waals surface area contributed by atoms with Crippen molar-refractivity contribution in [2.45, 2.75) is 19.3 Å². The molecule has 0 radical (unpaired) electrons. The molecule has 1 fully saturated rings. The van der Waals surface area contributed by atoms with Crippen LogP contribution in [0.1, 0.15) is 19.3 Å². The van der Waals surface area contributed by atoms with Gasteiger partial charge in [-0.3, -0.25) is 0 Å². The lowest BCUT2D eigenvalue weighted by Gasteiger charge is -2.05. The van der Waals surface area contributed by atoms with Crippen molar-refractivity contribution >= 4 is 0 Å². The topological polar surface area (TPSA) is 20.2 Å². The van der Waals surface area contributed by atoms with Gasteiger partial charge in [-0.2, -0.15) is 0 Å². The van der Waals surface area contributed by atoms with Crippen LogP contribution in [0.15, 0.2) is 36.0 Å². The van der Waals surface area contributed by atoms with E-state index in [1.165, 1.54) is 18.4 Å². The first-order valence-corrected chi connectivity index (χ1v) is 5.05. The number of fused-ring (bicyclic) bond motifs is 2. The number of aliphatic hydroxyl groups excluding tert-OH is 1. The van der Waals surface area contributed by atoms with Crippen LogP contribution in [0.25, 0.3) is 0 Å². The second-order valence-corrected chi connectivity index (χ2v) is 3.87. The van der Waals surface area contributed by atoms with Crippen molar-refractivity contribution in [3.8, 4) is 0 Å². The third-order valence-electron chi connectivity index (χ3n) is 2.90.